The fourth-order valence-electron chi connectivity index (χ4n) is 2.69. The van der Waals surface area contributed by atoms with E-state index < -0.39 is 0 Å². The van der Waals surface area contributed by atoms with Crippen molar-refractivity contribution >= 4 is 42.9 Å². The second-order valence-corrected chi connectivity index (χ2v) is 6.77. The molecule has 1 heterocycles. The minimum Gasteiger partial charge on any atom is -0.504 e. The van der Waals surface area contributed by atoms with Gasteiger partial charge < -0.3 is 14.9 Å². The van der Waals surface area contributed by atoms with Crippen molar-refractivity contribution in [3.05, 3.63) is 40.6 Å². The Hall–Kier alpha value is -2.27. The molecular formula is C17H18N2O2S. The molecule has 0 bridgehead atoms. The molecule has 0 aliphatic heterocycles. The number of benzene rings is 2. The molecule has 0 fully saturated rings. The van der Waals surface area contributed by atoms with Crippen molar-refractivity contribution in [3.8, 4) is 5.75 Å². The third-order valence-electron chi connectivity index (χ3n) is 3.73. The summed E-state index contributed by atoms with van der Waals surface area (Å²) < 4.78 is 1.84. The molecule has 1 aromatic heterocycles. The van der Waals surface area contributed by atoms with E-state index in [9.17, 15) is 9.90 Å². The van der Waals surface area contributed by atoms with Crippen molar-refractivity contribution in [3.63, 3.8) is 0 Å². The van der Waals surface area contributed by atoms with Crippen LogP contribution in [-0.4, -0.2) is 33.3 Å². The molecule has 0 atom stereocenters. The smallest absolute Gasteiger partial charge is 0.198 e. The first kappa shape index (κ1) is 14.7. The van der Waals surface area contributed by atoms with Gasteiger partial charge in [0.1, 0.15) is 0 Å². The van der Waals surface area contributed by atoms with E-state index in [-0.39, 0.29) is 11.2 Å². The minimum atomic E-state index is -0.0337. The first-order valence-corrected chi connectivity index (χ1v) is 7.79. The summed E-state index contributed by atoms with van der Waals surface area (Å²) in [5.41, 5.74) is 1.25. The second kappa shape index (κ2) is 5.18. The van der Waals surface area contributed by atoms with E-state index in [0.717, 1.165) is 9.40 Å². The van der Waals surface area contributed by atoms with E-state index >= 15 is 0 Å². The molecular weight excluding hydrogens is 296 g/mol. The fraction of sp³-hybridized carbons (Fsp3) is 0.235. The quantitative estimate of drug-likeness (QED) is 0.738. The number of hydrogen-bond donors (Lipinski definition) is 1. The van der Waals surface area contributed by atoms with E-state index in [1.54, 1.807) is 16.2 Å². The van der Waals surface area contributed by atoms with Crippen LogP contribution in [0, 0.1) is 0 Å². The summed E-state index contributed by atoms with van der Waals surface area (Å²) in [5, 5.41) is 11.9. The number of rotatable bonds is 2. The van der Waals surface area contributed by atoms with Crippen LogP contribution in [0.1, 0.15) is 0 Å². The van der Waals surface area contributed by atoms with Crippen LogP contribution in [0.4, 0.5) is 11.4 Å². The van der Waals surface area contributed by atoms with Gasteiger partial charge in [-0.3, -0.25) is 4.79 Å². The van der Waals surface area contributed by atoms with Crippen LogP contribution >= 0.6 is 11.3 Å². The highest BCUT2D eigenvalue weighted by atomic mass is 32.1. The molecule has 0 saturated heterocycles. The molecule has 1 N–H and O–H groups in total. The van der Waals surface area contributed by atoms with Crippen LogP contribution in [0.5, 0.6) is 5.75 Å². The molecule has 3 aromatic rings. The lowest BCUT2D eigenvalue weighted by atomic mass is 10.1. The largest absolute Gasteiger partial charge is 0.504 e. The lowest BCUT2D eigenvalue weighted by Gasteiger charge is -2.22. The van der Waals surface area contributed by atoms with Crippen molar-refractivity contribution in [1.29, 1.82) is 0 Å². The molecule has 5 heteroatoms. The topological polar surface area (TPSA) is 43.8 Å². The Bertz CT molecular complexity index is 929. The first-order chi connectivity index (χ1) is 10.4. The Kier molecular flexibility index (Phi) is 3.45. The monoisotopic (exact) mass is 314 g/mol. The maximum absolute atomic E-state index is 12.9. The van der Waals surface area contributed by atoms with Gasteiger partial charge in [-0.05, 0) is 18.2 Å². The molecule has 2 aromatic carbocycles. The third-order valence-corrected chi connectivity index (χ3v) is 4.84. The van der Waals surface area contributed by atoms with Crippen LogP contribution in [0.3, 0.4) is 0 Å². The predicted octanol–water partition coefficient (Wildman–Crippen LogP) is 3.25. The van der Waals surface area contributed by atoms with Gasteiger partial charge in [0.25, 0.3) is 0 Å². The molecule has 0 aliphatic carbocycles. The summed E-state index contributed by atoms with van der Waals surface area (Å²) in [7, 11) is 7.44. The molecule has 0 saturated carbocycles. The van der Waals surface area contributed by atoms with Crippen LogP contribution in [0.15, 0.2) is 35.1 Å². The number of phenolic OH excluding ortho intramolecular Hbond substituents is 1. The molecule has 0 unspecified atom stereocenters. The minimum absolute atomic E-state index is 0.0337. The zero-order chi connectivity index (χ0) is 16.0. The van der Waals surface area contributed by atoms with E-state index in [1.807, 2.05) is 63.4 Å². The number of anilines is 2. The van der Waals surface area contributed by atoms with E-state index in [0.29, 0.717) is 22.1 Å². The van der Waals surface area contributed by atoms with Gasteiger partial charge in [-0.1, -0.05) is 12.1 Å². The van der Waals surface area contributed by atoms with E-state index in [2.05, 4.69) is 0 Å². The molecule has 22 heavy (non-hydrogen) atoms. The van der Waals surface area contributed by atoms with Crippen molar-refractivity contribution in [2.24, 2.45) is 0 Å². The average molecular weight is 314 g/mol. The molecule has 3 rings (SSSR count). The van der Waals surface area contributed by atoms with Crippen molar-refractivity contribution < 1.29 is 5.11 Å². The summed E-state index contributed by atoms with van der Waals surface area (Å²) in [6.45, 7) is 0. The van der Waals surface area contributed by atoms with Crippen molar-refractivity contribution in [1.82, 2.24) is 0 Å². The molecule has 0 aliphatic rings. The highest BCUT2D eigenvalue weighted by Crippen LogP contribution is 2.43. The Morgan fingerprint density at radius 3 is 2.32 bits per heavy atom. The molecule has 114 valence electrons. The van der Waals surface area contributed by atoms with Gasteiger partial charge in [-0.2, -0.15) is 0 Å². The second-order valence-electron chi connectivity index (χ2n) is 5.68. The summed E-state index contributed by atoms with van der Waals surface area (Å²) in [6, 6.07) is 9.48. The average Bonchev–Trinajstić information content (AvgIpc) is 2.47. The first-order valence-electron chi connectivity index (χ1n) is 6.98. The lowest BCUT2D eigenvalue weighted by molar-refractivity contribution is 0.477. The van der Waals surface area contributed by atoms with Crippen molar-refractivity contribution in [2.75, 3.05) is 38.0 Å². The van der Waals surface area contributed by atoms with Crippen LogP contribution in [0.2, 0.25) is 0 Å². The number of aromatic hydroxyl groups is 1. The Labute approximate surface area is 132 Å². The Morgan fingerprint density at radius 2 is 1.68 bits per heavy atom. The van der Waals surface area contributed by atoms with Gasteiger partial charge in [-0.15, -0.1) is 11.3 Å². The fourth-order valence-corrected chi connectivity index (χ4v) is 3.81. The van der Waals surface area contributed by atoms with Gasteiger partial charge >= 0.3 is 0 Å². The normalized spacial score (nSPS) is 11.1. The lowest BCUT2D eigenvalue weighted by Crippen LogP contribution is -2.16. The Morgan fingerprint density at radius 1 is 1.00 bits per heavy atom. The molecule has 0 radical (unpaired) electrons. The van der Waals surface area contributed by atoms with Crippen LogP contribution in [0.25, 0.3) is 20.2 Å². The van der Waals surface area contributed by atoms with E-state index in [1.165, 1.54) is 0 Å². The number of hydrogen-bond acceptors (Lipinski definition) is 5. The highest BCUT2D eigenvalue weighted by Gasteiger charge is 2.19. The molecule has 4 nitrogen and oxygen atoms in total. The Balaban J connectivity index is 2.58. The summed E-state index contributed by atoms with van der Waals surface area (Å²) in [4.78, 5) is 16.6. The molecule has 0 amide bonds. The summed E-state index contributed by atoms with van der Waals surface area (Å²) >= 11 is 1.57. The maximum atomic E-state index is 12.9. The summed E-state index contributed by atoms with van der Waals surface area (Å²) in [5.74, 6) is 0.141. The maximum Gasteiger partial charge on any atom is 0.198 e. The number of fused-ring (bicyclic) bond motifs is 2. The van der Waals surface area contributed by atoms with Crippen molar-refractivity contribution in [2.45, 2.75) is 0 Å². The van der Waals surface area contributed by atoms with E-state index in [4.69, 9.17) is 0 Å². The van der Waals surface area contributed by atoms with Crippen LogP contribution < -0.4 is 15.2 Å². The van der Waals surface area contributed by atoms with Gasteiger partial charge in [0.15, 0.2) is 11.2 Å². The van der Waals surface area contributed by atoms with Gasteiger partial charge in [0.05, 0.1) is 16.8 Å². The number of nitrogens with zero attached hydrogens (tertiary/aromatic N) is 2. The standard InChI is InChI=1S/C17H18N2O2S/c1-18(2)11-9-13-14(15(17(11)21)19(3)4)16(20)10-7-5-6-8-12(10)22-13/h5-9,21H,1-4H3. The van der Waals surface area contributed by atoms with Gasteiger partial charge in [0.2, 0.25) is 0 Å². The van der Waals surface area contributed by atoms with Gasteiger partial charge in [-0.25, -0.2) is 0 Å². The summed E-state index contributed by atoms with van der Waals surface area (Å²) in [6.07, 6.45) is 0. The zero-order valence-electron chi connectivity index (χ0n) is 13.0. The van der Waals surface area contributed by atoms with Crippen LogP contribution in [-0.2, 0) is 0 Å². The third kappa shape index (κ3) is 2.09. The SMILES string of the molecule is CN(C)c1cc2sc3ccccc3c(=O)c2c(N(C)C)c1O. The zero-order valence-corrected chi connectivity index (χ0v) is 13.9. The predicted molar refractivity (Wildman–Crippen MR) is 95.9 cm³/mol. The molecule has 0 spiro atoms. The van der Waals surface area contributed by atoms with Gasteiger partial charge in [0, 0.05) is 43.0 Å². The highest BCUT2D eigenvalue weighted by molar-refractivity contribution is 7.24. The number of phenols is 1.